The molecule has 1 aliphatic heterocycles. The van der Waals surface area contributed by atoms with Gasteiger partial charge in [0.05, 0.1) is 5.69 Å². The first-order chi connectivity index (χ1) is 10.1. The Kier molecular flexibility index (Phi) is 5.50. The van der Waals surface area contributed by atoms with Gasteiger partial charge in [-0.1, -0.05) is 6.92 Å². The summed E-state index contributed by atoms with van der Waals surface area (Å²) in [4.78, 5) is 14.1. The lowest BCUT2D eigenvalue weighted by Gasteiger charge is -2.34. The molecule has 0 aromatic heterocycles. The minimum absolute atomic E-state index is 0.0106. The van der Waals surface area contributed by atoms with Crippen LogP contribution in [0, 0.1) is 11.6 Å². The third-order valence-electron chi connectivity index (χ3n) is 3.65. The molecular formula is C15H21F2N3O. The van der Waals surface area contributed by atoms with Crippen LogP contribution in [-0.2, 0) is 0 Å². The van der Waals surface area contributed by atoms with Gasteiger partial charge in [-0.15, -0.1) is 0 Å². The Bertz CT molecular complexity index is 490. The molecular weight excluding hydrogens is 276 g/mol. The van der Waals surface area contributed by atoms with Gasteiger partial charge in [-0.3, -0.25) is 0 Å². The van der Waals surface area contributed by atoms with Crippen molar-refractivity contribution in [2.75, 3.05) is 25.0 Å². The molecule has 0 bridgehead atoms. The topological polar surface area (TPSA) is 44.4 Å². The number of hydrogen-bond donors (Lipinski definition) is 2. The van der Waals surface area contributed by atoms with Crippen LogP contribution in [0.2, 0.25) is 0 Å². The van der Waals surface area contributed by atoms with E-state index >= 15 is 0 Å². The van der Waals surface area contributed by atoms with Gasteiger partial charge in [0.15, 0.2) is 0 Å². The van der Waals surface area contributed by atoms with Crippen molar-refractivity contribution in [3.05, 3.63) is 29.8 Å². The number of nitrogens with one attached hydrogen (secondary N) is 2. The summed E-state index contributed by atoms with van der Waals surface area (Å²) in [5.74, 6) is -1.42. The second-order valence-corrected chi connectivity index (χ2v) is 5.23. The van der Waals surface area contributed by atoms with E-state index in [1.807, 2.05) is 6.92 Å². The van der Waals surface area contributed by atoms with Crippen LogP contribution >= 0.6 is 0 Å². The summed E-state index contributed by atoms with van der Waals surface area (Å²) in [5, 5.41) is 5.80. The maximum atomic E-state index is 13.6. The van der Waals surface area contributed by atoms with Crippen molar-refractivity contribution in [1.82, 2.24) is 10.2 Å². The Morgan fingerprint density at radius 3 is 2.71 bits per heavy atom. The van der Waals surface area contributed by atoms with Crippen LogP contribution < -0.4 is 10.6 Å². The molecule has 6 heteroatoms. The van der Waals surface area contributed by atoms with Gasteiger partial charge in [0.25, 0.3) is 0 Å². The van der Waals surface area contributed by atoms with E-state index in [-0.39, 0.29) is 17.8 Å². The molecule has 1 saturated heterocycles. The quantitative estimate of drug-likeness (QED) is 0.897. The van der Waals surface area contributed by atoms with Crippen molar-refractivity contribution in [1.29, 1.82) is 0 Å². The summed E-state index contributed by atoms with van der Waals surface area (Å²) in [6.45, 7) is 4.38. The van der Waals surface area contributed by atoms with Gasteiger partial charge in [-0.05, 0) is 44.5 Å². The Morgan fingerprint density at radius 2 is 2.10 bits per heavy atom. The molecule has 2 N–H and O–H groups in total. The van der Waals surface area contributed by atoms with Crippen molar-refractivity contribution < 1.29 is 13.6 Å². The molecule has 116 valence electrons. The zero-order valence-corrected chi connectivity index (χ0v) is 12.2. The third kappa shape index (κ3) is 4.14. The fraction of sp³-hybridized carbons (Fsp3) is 0.533. The molecule has 1 heterocycles. The number of hydrogen-bond acceptors (Lipinski definition) is 2. The summed E-state index contributed by atoms with van der Waals surface area (Å²) in [6, 6.07) is 2.98. The third-order valence-corrected chi connectivity index (χ3v) is 3.65. The highest BCUT2D eigenvalue weighted by Gasteiger charge is 2.25. The molecule has 0 atom stereocenters. The Balaban J connectivity index is 2.07. The summed E-state index contributed by atoms with van der Waals surface area (Å²) >= 11 is 0. The lowest BCUT2D eigenvalue weighted by atomic mass is 10.0. The Labute approximate surface area is 123 Å². The molecule has 4 nitrogen and oxygen atoms in total. The van der Waals surface area contributed by atoms with Crippen LogP contribution in [0.5, 0.6) is 0 Å². The second-order valence-electron chi connectivity index (χ2n) is 5.23. The number of nitrogens with zero attached hydrogens (tertiary/aromatic N) is 1. The molecule has 0 radical (unpaired) electrons. The molecule has 1 aliphatic rings. The smallest absolute Gasteiger partial charge is 0.321 e. The first-order valence-electron chi connectivity index (χ1n) is 7.35. The van der Waals surface area contributed by atoms with Crippen LogP contribution in [0.25, 0.3) is 0 Å². The van der Waals surface area contributed by atoms with Crippen LogP contribution in [0.1, 0.15) is 26.2 Å². The Hall–Kier alpha value is -1.69. The number of rotatable bonds is 4. The molecule has 0 spiro atoms. The molecule has 1 aromatic carbocycles. The number of carbonyl (C=O) groups is 1. The zero-order chi connectivity index (χ0) is 15.2. The van der Waals surface area contributed by atoms with Crippen molar-refractivity contribution in [3.63, 3.8) is 0 Å². The highest BCUT2D eigenvalue weighted by Crippen LogP contribution is 2.18. The summed E-state index contributed by atoms with van der Waals surface area (Å²) in [6.07, 6.45) is 2.61. The molecule has 2 amide bonds. The lowest BCUT2D eigenvalue weighted by molar-refractivity contribution is 0.171. The summed E-state index contributed by atoms with van der Waals surface area (Å²) < 4.78 is 26.5. The molecule has 21 heavy (non-hydrogen) atoms. The van der Waals surface area contributed by atoms with Crippen molar-refractivity contribution in [3.8, 4) is 0 Å². The van der Waals surface area contributed by atoms with Gasteiger partial charge in [0, 0.05) is 18.7 Å². The van der Waals surface area contributed by atoms with Crippen molar-refractivity contribution >= 4 is 11.7 Å². The van der Waals surface area contributed by atoms with E-state index in [0.717, 1.165) is 44.5 Å². The number of benzene rings is 1. The van der Waals surface area contributed by atoms with Gasteiger partial charge < -0.3 is 15.5 Å². The van der Waals surface area contributed by atoms with E-state index in [1.165, 1.54) is 6.07 Å². The van der Waals surface area contributed by atoms with Gasteiger partial charge in [-0.25, -0.2) is 13.6 Å². The highest BCUT2D eigenvalue weighted by molar-refractivity contribution is 5.89. The van der Waals surface area contributed by atoms with E-state index in [2.05, 4.69) is 10.6 Å². The van der Waals surface area contributed by atoms with Crippen LogP contribution in [0.3, 0.4) is 0 Å². The fourth-order valence-electron chi connectivity index (χ4n) is 2.59. The number of amides is 2. The van der Waals surface area contributed by atoms with Crippen molar-refractivity contribution in [2.45, 2.75) is 32.2 Å². The lowest BCUT2D eigenvalue weighted by Crippen LogP contribution is -2.48. The maximum absolute atomic E-state index is 13.6. The van der Waals surface area contributed by atoms with Gasteiger partial charge >= 0.3 is 6.03 Å². The minimum atomic E-state index is -0.759. The number of anilines is 1. The number of piperidine rings is 1. The summed E-state index contributed by atoms with van der Waals surface area (Å²) in [7, 11) is 0. The van der Waals surface area contributed by atoms with Gasteiger partial charge in [0.2, 0.25) is 0 Å². The molecule has 0 unspecified atom stereocenters. The first-order valence-corrected chi connectivity index (χ1v) is 7.35. The van der Waals surface area contributed by atoms with Gasteiger partial charge in [-0.2, -0.15) is 0 Å². The fourth-order valence-corrected chi connectivity index (χ4v) is 2.59. The van der Waals surface area contributed by atoms with Crippen LogP contribution in [0.4, 0.5) is 19.3 Å². The van der Waals surface area contributed by atoms with E-state index in [0.29, 0.717) is 6.54 Å². The molecule has 1 aromatic rings. The SMILES string of the molecule is CCCN(C(=O)Nc1ccc(F)cc1F)C1CCNCC1. The number of halogens is 2. The average Bonchev–Trinajstić information content (AvgIpc) is 2.48. The van der Waals surface area contributed by atoms with E-state index in [9.17, 15) is 13.6 Å². The zero-order valence-electron chi connectivity index (χ0n) is 12.2. The largest absolute Gasteiger partial charge is 0.322 e. The van der Waals surface area contributed by atoms with E-state index in [1.54, 1.807) is 4.90 Å². The number of urea groups is 1. The standard InChI is InChI=1S/C15H21F2N3O/c1-2-9-20(12-5-7-18-8-6-12)15(21)19-14-4-3-11(16)10-13(14)17/h3-4,10,12,18H,2,5-9H2,1H3,(H,19,21). The minimum Gasteiger partial charge on any atom is -0.321 e. The number of carbonyl (C=O) groups excluding carboxylic acids is 1. The van der Waals surface area contributed by atoms with Gasteiger partial charge in [0.1, 0.15) is 11.6 Å². The second kappa shape index (κ2) is 7.36. The predicted molar refractivity (Wildman–Crippen MR) is 78.3 cm³/mol. The molecule has 0 saturated carbocycles. The van der Waals surface area contributed by atoms with Crippen LogP contribution in [0.15, 0.2) is 18.2 Å². The van der Waals surface area contributed by atoms with E-state index < -0.39 is 11.6 Å². The monoisotopic (exact) mass is 297 g/mol. The van der Waals surface area contributed by atoms with Crippen LogP contribution in [-0.4, -0.2) is 36.6 Å². The molecule has 2 rings (SSSR count). The summed E-state index contributed by atoms with van der Waals surface area (Å²) in [5.41, 5.74) is 0.0106. The highest BCUT2D eigenvalue weighted by atomic mass is 19.1. The normalized spacial score (nSPS) is 15.8. The first kappa shape index (κ1) is 15.7. The van der Waals surface area contributed by atoms with E-state index in [4.69, 9.17) is 0 Å². The average molecular weight is 297 g/mol. The predicted octanol–water partition coefficient (Wildman–Crippen LogP) is 2.96. The molecule has 0 aliphatic carbocycles. The maximum Gasteiger partial charge on any atom is 0.322 e. The molecule has 1 fully saturated rings. The van der Waals surface area contributed by atoms with Crippen molar-refractivity contribution in [2.24, 2.45) is 0 Å². The Morgan fingerprint density at radius 1 is 1.38 bits per heavy atom.